The molecule has 0 aromatic carbocycles. The average Bonchev–Trinajstić information content (AvgIpc) is 3.17. The number of nitrogens with two attached hydrogens (primary N) is 2. The summed E-state index contributed by atoms with van der Waals surface area (Å²) in [5, 5.41) is 107. The van der Waals surface area contributed by atoms with Gasteiger partial charge < -0.3 is 81.5 Å². The minimum Gasteiger partial charge on any atom is -0.481 e. The van der Waals surface area contributed by atoms with Crippen molar-refractivity contribution in [3.8, 4) is 0 Å². The molecule has 14 unspecified atom stereocenters. The number of fused-ring (bicyclic) bond motifs is 2. The first kappa shape index (κ1) is 53.9. The molecule has 3 aliphatic heterocycles. The van der Waals surface area contributed by atoms with Crippen LogP contribution in [0.15, 0.2) is 85.1 Å². The zero-order chi connectivity index (χ0) is 46.7. The van der Waals surface area contributed by atoms with Gasteiger partial charge in [0.2, 0.25) is 0 Å². The van der Waals surface area contributed by atoms with Crippen LogP contribution in [0.4, 0.5) is 0 Å². The van der Waals surface area contributed by atoms with Crippen molar-refractivity contribution in [2.45, 2.75) is 170 Å². The van der Waals surface area contributed by atoms with E-state index in [9.17, 15) is 60.7 Å². The molecule has 0 saturated carbocycles. The maximum atomic E-state index is 12.5. The highest BCUT2D eigenvalue weighted by Gasteiger charge is 2.51. The zero-order valence-corrected chi connectivity index (χ0v) is 36.0. The number of cyclic esters (lactones) is 1. The summed E-state index contributed by atoms with van der Waals surface area (Å²) < 4.78 is 22.8. The highest BCUT2D eigenvalue weighted by atomic mass is 16.7. The number of hydrogen-bond acceptors (Lipinski definition) is 17. The van der Waals surface area contributed by atoms with Gasteiger partial charge in [0.05, 0.1) is 61.3 Å². The predicted molar refractivity (Wildman–Crippen MR) is 230 cm³/mol. The van der Waals surface area contributed by atoms with Crippen molar-refractivity contribution in [2.24, 2.45) is 23.3 Å². The second-order valence-corrected chi connectivity index (χ2v) is 16.8. The summed E-state index contributed by atoms with van der Waals surface area (Å²) in [5.74, 6) is -6.17. The Hall–Kier alpha value is -3.44. The molecule has 0 aliphatic carbocycles. The van der Waals surface area contributed by atoms with Crippen LogP contribution >= 0.6 is 0 Å². The molecule has 0 spiro atoms. The number of hydrogen-bond donors (Lipinski definition) is 12. The molecule has 17 atom stereocenters. The smallest absolute Gasteiger partial charge is 0.311 e. The summed E-state index contributed by atoms with van der Waals surface area (Å²) in [6, 6.07) is -1.25. The Morgan fingerprint density at radius 3 is 1.81 bits per heavy atom. The molecule has 2 bridgehead atoms. The van der Waals surface area contributed by atoms with Crippen LogP contribution < -0.4 is 11.5 Å². The summed E-state index contributed by atoms with van der Waals surface area (Å²) in [7, 11) is 0. The average molecular weight is 895 g/mol. The van der Waals surface area contributed by atoms with Crippen LogP contribution in [0.2, 0.25) is 0 Å². The first-order valence-electron chi connectivity index (χ1n) is 21.6. The van der Waals surface area contributed by atoms with Crippen molar-refractivity contribution in [1.82, 2.24) is 0 Å². The largest absolute Gasteiger partial charge is 0.481 e. The van der Waals surface area contributed by atoms with Gasteiger partial charge in [-0.25, -0.2) is 0 Å². The second kappa shape index (κ2) is 27.1. The van der Waals surface area contributed by atoms with Crippen LogP contribution in [0.5, 0.6) is 0 Å². The topological polar surface area (TPSA) is 325 Å². The van der Waals surface area contributed by atoms with E-state index in [2.05, 4.69) is 0 Å². The van der Waals surface area contributed by atoms with Crippen LogP contribution in [-0.2, 0) is 28.5 Å². The molecule has 0 aromatic rings. The molecule has 63 heavy (non-hydrogen) atoms. The van der Waals surface area contributed by atoms with Gasteiger partial charge in [0.15, 0.2) is 12.1 Å². The number of aliphatic hydroxyl groups excluding tert-OH is 8. The number of esters is 1. The Morgan fingerprint density at radius 1 is 0.698 bits per heavy atom. The van der Waals surface area contributed by atoms with Gasteiger partial charge in [0.1, 0.15) is 30.5 Å². The minimum atomic E-state index is -2.25. The van der Waals surface area contributed by atoms with Crippen LogP contribution in [0.3, 0.4) is 0 Å². The molecule has 3 heterocycles. The molecule has 2 saturated heterocycles. The van der Waals surface area contributed by atoms with Gasteiger partial charge in [-0.2, -0.15) is 0 Å². The third-order valence-corrected chi connectivity index (χ3v) is 11.1. The molecule has 0 radical (unpaired) electrons. The maximum absolute atomic E-state index is 12.5. The second-order valence-electron chi connectivity index (χ2n) is 16.8. The highest BCUT2D eigenvalue weighted by Crippen LogP contribution is 2.38. The number of ether oxygens (including phenoxy) is 4. The molecular weight excluding hydrogens is 824 g/mol. The molecule has 0 amide bonds. The third kappa shape index (κ3) is 19.3. The molecule has 0 aromatic heterocycles. The van der Waals surface area contributed by atoms with E-state index in [-0.39, 0.29) is 57.3 Å². The van der Waals surface area contributed by atoms with Crippen LogP contribution in [0.25, 0.3) is 0 Å². The lowest BCUT2D eigenvalue weighted by Crippen LogP contribution is -2.64. The Morgan fingerprint density at radius 2 is 1.24 bits per heavy atom. The summed E-state index contributed by atoms with van der Waals surface area (Å²) in [4.78, 5) is 24.9. The molecular formula is C45H70N2O16. The lowest BCUT2D eigenvalue weighted by molar-refractivity contribution is -0.308. The maximum Gasteiger partial charge on any atom is 0.311 e. The minimum absolute atomic E-state index is 0.115. The fourth-order valence-electron chi connectivity index (χ4n) is 7.62. The Balaban J connectivity index is 1.82. The lowest BCUT2D eigenvalue weighted by atomic mass is 9.82. The van der Waals surface area contributed by atoms with E-state index < -0.39 is 122 Å². The van der Waals surface area contributed by atoms with Gasteiger partial charge in [-0.05, 0) is 39.0 Å². The summed E-state index contributed by atoms with van der Waals surface area (Å²) in [6.45, 7) is 3.48. The molecule has 18 heteroatoms. The fraction of sp³-hybridized carbons (Fsp3) is 0.644. The van der Waals surface area contributed by atoms with Gasteiger partial charge in [0.25, 0.3) is 0 Å². The van der Waals surface area contributed by atoms with Crippen molar-refractivity contribution in [3.05, 3.63) is 85.1 Å². The standard InChI is InChI=1S/C45H70N2O16/c1-27-16-13-11-9-7-5-3-4-6-8-10-12-14-19-33(61-44-41(56)39(46)40(55)42(47)62-44)24-36-38(43(57)58)35(53)26-45(59,63-36)25-32(51)22-30(49)18-15-17-29(48)21-31(50)23-37(54)60-28(2)20-34(27)52/h3-14,16,19,27-36,38-42,44,48-53,55-56,59H,15,17-18,20-26,46-47H2,1-2H3,(H,57,58)/b4-3-,7-5-,8-6-,11-9-,12-10-,16-13-,19-14-/t27-,28-,29?,30?,31?,32?,33?,34?,35?,36-,38?,39?,40?,41?,42?,44?,45?/m0/s1. The van der Waals surface area contributed by atoms with Gasteiger partial charge in [-0.3, -0.25) is 9.59 Å². The summed E-state index contributed by atoms with van der Waals surface area (Å²) in [5.41, 5.74) is 11.8. The van der Waals surface area contributed by atoms with Crippen LogP contribution in [-0.4, -0.2) is 154 Å². The van der Waals surface area contributed by atoms with E-state index in [4.69, 9.17) is 30.4 Å². The van der Waals surface area contributed by atoms with Crippen molar-refractivity contribution >= 4 is 11.9 Å². The fourth-order valence-corrected chi connectivity index (χ4v) is 7.62. The molecule has 3 aliphatic rings. The molecule has 14 N–H and O–H groups in total. The zero-order valence-electron chi connectivity index (χ0n) is 36.0. The Bertz CT molecular complexity index is 1600. The molecule has 18 nitrogen and oxygen atoms in total. The van der Waals surface area contributed by atoms with Gasteiger partial charge in [-0.1, -0.05) is 92.0 Å². The number of carboxylic acids is 1. The molecule has 2 fully saturated rings. The number of carbonyl (C=O) groups excluding carboxylic acids is 1. The van der Waals surface area contributed by atoms with Gasteiger partial charge in [-0.15, -0.1) is 0 Å². The highest BCUT2D eigenvalue weighted by molar-refractivity contribution is 5.71. The Kier molecular flexibility index (Phi) is 23.2. The molecule has 356 valence electrons. The van der Waals surface area contributed by atoms with E-state index >= 15 is 0 Å². The predicted octanol–water partition coefficient (Wildman–Crippen LogP) is 0.391. The third-order valence-electron chi connectivity index (χ3n) is 11.1. The van der Waals surface area contributed by atoms with E-state index in [1.165, 1.54) is 6.08 Å². The number of carbonyl (C=O) groups is 2. The van der Waals surface area contributed by atoms with Crippen molar-refractivity contribution in [3.63, 3.8) is 0 Å². The monoisotopic (exact) mass is 894 g/mol. The van der Waals surface area contributed by atoms with Crippen LogP contribution in [0.1, 0.15) is 78.1 Å². The lowest BCUT2D eigenvalue weighted by Gasteiger charge is -2.45. The first-order valence-corrected chi connectivity index (χ1v) is 21.6. The van der Waals surface area contributed by atoms with E-state index in [0.29, 0.717) is 0 Å². The number of aliphatic carboxylic acids is 1. The number of carboxylic acid groups (broad SMARTS) is 1. The quantitative estimate of drug-likeness (QED) is 0.171. The number of allylic oxidation sites excluding steroid dienone is 12. The van der Waals surface area contributed by atoms with Crippen molar-refractivity contribution in [1.29, 1.82) is 0 Å². The van der Waals surface area contributed by atoms with Crippen molar-refractivity contribution in [2.75, 3.05) is 0 Å². The Labute approximate surface area is 368 Å². The van der Waals surface area contributed by atoms with E-state index in [1.807, 2.05) is 19.1 Å². The normalized spacial score (nSPS) is 44.2. The SMILES string of the molecule is C[C@H]1CC(O)[C@@H](C)\C=C/C=C\C=C/C=C\C=C/C=C\C=C/C(OC2OC(N)C(O)C(N)C2O)C[C@@H]2OC(O)(CC(O)CC(O)CCCC(O)CC(O)CC(=O)O1)CC(O)C2C(=O)O. The summed E-state index contributed by atoms with van der Waals surface area (Å²) >= 11 is 0. The summed E-state index contributed by atoms with van der Waals surface area (Å²) in [6.07, 6.45) is 6.73. The number of aliphatic hydroxyl groups is 9. The van der Waals surface area contributed by atoms with Gasteiger partial charge in [0, 0.05) is 31.6 Å². The van der Waals surface area contributed by atoms with E-state index in [0.717, 1.165) is 0 Å². The number of rotatable bonds is 3. The molecule has 3 rings (SSSR count). The first-order chi connectivity index (χ1) is 29.8. The van der Waals surface area contributed by atoms with E-state index in [1.54, 1.807) is 73.8 Å². The van der Waals surface area contributed by atoms with Crippen LogP contribution in [0, 0.1) is 11.8 Å². The van der Waals surface area contributed by atoms with Gasteiger partial charge >= 0.3 is 11.9 Å². The van der Waals surface area contributed by atoms with Crippen molar-refractivity contribution < 1.29 is 79.6 Å².